The molecule has 4 rings (SSSR count). The Morgan fingerprint density at radius 3 is 2.61 bits per heavy atom. The van der Waals surface area contributed by atoms with Crippen LogP contribution in [0.25, 0.3) is 5.69 Å². The van der Waals surface area contributed by atoms with Crippen LogP contribution in [0.4, 0.5) is 10.2 Å². The highest BCUT2D eigenvalue weighted by atomic mass is 19.1. The number of carbonyl (C=O) groups is 1. The van der Waals surface area contributed by atoms with Crippen molar-refractivity contribution in [2.75, 3.05) is 24.6 Å². The van der Waals surface area contributed by atoms with Gasteiger partial charge in [-0.1, -0.05) is 12.1 Å². The van der Waals surface area contributed by atoms with Gasteiger partial charge in [0.2, 0.25) is 5.91 Å². The molecule has 0 saturated carbocycles. The lowest BCUT2D eigenvalue weighted by molar-refractivity contribution is -0.125. The Morgan fingerprint density at radius 2 is 1.88 bits per heavy atom. The quantitative estimate of drug-likeness (QED) is 0.598. The van der Waals surface area contributed by atoms with Gasteiger partial charge in [-0.15, -0.1) is 5.10 Å². The zero-order valence-electron chi connectivity index (χ0n) is 18.5. The van der Waals surface area contributed by atoms with Crippen LogP contribution in [0.15, 0.2) is 65.5 Å². The van der Waals surface area contributed by atoms with Gasteiger partial charge in [-0.2, -0.15) is 4.68 Å². The average molecular weight is 451 g/mol. The first-order valence-electron chi connectivity index (χ1n) is 11.1. The number of piperidine rings is 1. The molecule has 1 unspecified atom stereocenters. The predicted molar refractivity (Wildman–Crippen MR) is 124 cm³/mol. The normalized spacial score (nSPS) is 15.8. The molecular formula is C25H27FN4O3. The van der Waals surface area contributed by atoms with Crippen molar-refractivity contribution >= 4 is 11.7 Å². The maximum absolute atomic E-state index is 13.3. The smallest absolute Gasteiger partial charge is 0.271 e. The van der Waals surface area contributed by atoms with Crippen molar-refractivity contribution in [1.82, 2.24) is 15.1 Å². The van der Waals surface area contributed by atoms with Crippen molar-refractivity contribution in [2.45, 2.75) is 26.3 Å². The third-order valence-electron chi connectivity index (χ3n) is 5.67. The third kappa shape index (κ3) is 5.58. The number of rotatable bonds is 7. The minimum Gasteiger partial charge on any atom is -0.494 e. The van der Waals surface area contributed by atoms with Gasteiger partial charge < -0.3 is 15.0 Å². The number of carbonyl (C=O) groups excluding carboxylic acids is 1. The Balaban J connectivity index is 1.40. The first kappa shape index (κ1) is 22.5. The van der Waals surface area contributed by atoms with Crippen molar-refractivity contribution in [3.8, 4) is 11.4 Å². The number of nitrogens with one attached hydrogen (secondary N) is 1. The van der Waals surface area contributed by atoms with Crippen LogP contribution in [0.3, 0.4) is 0 Å². The lowest BCUT2D eigenvalue weighted by atomic mass is 9.97. The van der Waals surface area contributed by atoms with E-state index in [0.29, 0.717) is 31.2 Å². The minimum atomic E-state index is -0.377. The van der Waals surface area contributed by atoms with Crippen molar-refractivity contribution in [1.29, 1.82) is 0 Å². The van der Waals surface area contributed by atoms with E-state index in [0.717, 1.165) is 30.7 Å². The molecule has 33 heavy (non-hydrogen) atoms. The van der Waals surface area contributed by atoms with Crippen LogP contribution in [0.1, 0.15) is 25.3 Å². The zero-order chi connectivity index (χ0) is 23.2. The summed E-state index contributed by atoms with van der Waals surface area (Å²) in [6.45, 7) is 4.27. The lowest BCUT2D eigenvalue weighted by Crippen LogP contribution is -2.43. The summed E-state index contributed by atoms with van der Waals surface area (Å²) in [6.07, 6.45) is 1.64. The maximum atomic E-state index is 13.3. The Kier molecular flexibility index (Phi) is 7.02. The summed E-state index contributed by atoms with van der Waals surface area (Å²) in [4.78, 5) is 27.1. The van der Waals surface area contributed by atoms with Crippen LogP contribution >= 0.6 is 0 Å². The molecule has 2 heterocycles. The van der Waals surface area contributed by atoms with E-state index in [1.807, 2.05) is 36.1 Å². The van der Waals surface area contributed by atoms with E-state index in [1.165, 1.54) is 35.0 Å². The molecule has 1 aliphatic rings. The number of halogens is 1. The SMILES string of the molecule is CCOc1ccc(CNC(=O)C2CCCN(c3ccc(=O)n(-c4ccc(F)cc4)n3)C2)cc1. The van der Waals surface area contributed by atoms with Gasteiger partial charge in [0.15, 0.2) is 0 Å². The minimum absolute atomic E-state index is 0.000408. The molecule has 1 aromatic heterocycles. The number of anilines is 1. The highest BCUT2D eigenvalue weighted by molar-refractivity contribution is 5.79. The van der Waals surface area contributed by atoms with Crippen LogP contribution in [-0.2, 0) is 11.3 Å². The highest BCUT2D eigenvalue weighted by Gasteiger charge is 2.26. The van der Waals surface area contributed by atoms with Crippen LogP contribution in [0, 0.1) is 11.7 Å². The van der Waals surface area contributed by atoms with Crippen LogP contribution in [0.5, 0.6) is 5.75 Å². The second kappa shape index (κ2) is 10.3. The van der Waals surface area contributed by atoms with Crippen LogP contribution in [0.2, 0.25) is 0 Å². The van der Waals surface area contributed by atoms with Crippen molar-refractivity contribution in [3.05, 3.63) is 82.4 Å². The number of amides is 1. The molecule has 1 aliphatic heterocycles. The summed E-state index contributed by atoms with van der Waals surface area (Å²) in [7, 11) is 0. The second-order valence-electron chi connectivity index (χ2n) is 8.00. The van der Waals surface area contributed by atoms with Crippen molar-refractivity contribution in [2.24, 2.45) is 5.92 Å². The van der Waals surface area contributed by atoms with Crippen molar-refractivity contribution < 1.29 is 13.9 Å². The van der Waals surface area contributed by atoms with E-state index < -0.39 is 0 Å². The summed E-state index contributed by atoms with van der Waals surface area (Å²) in [5.41, 5.74) is 1.20. The Bertz CT molecular complexity index is 1150. The Morgan fingerprint density at radius 1 is 1.12 bits per heavy atom. The molecular weight excluding hydrogens is 423 g/mol. The summed E-state index contributed by atoms with van der Waals surface area (Å²) in [5.74, 6) is 0.876. The summed E-state index contributed by atoms with van der Waals surface area (Å²) in [5, 5.41) is 7.50. The number of hydrogen-bond acceptors (Lipinski definition) is 5. The van der Waals surface area contributed by atoms with E-state index in [2.05, 4.69) is 10.4 Å². The first-order chi connectivity index (χ1) is 16.0. The molecule has 0 radical (unpaired) electrons. The molecule has 0 bridgehead atoms. The second-order valence-corrected chi connectivity index (χ2v) is 8.00. The largest absolute Gasteiger partial charge is 0.494 e. The standard InChI is InChI=1S/C25H27FN4O3/c1-2-33-22-11-5-18(6-12-22)16-27-25(32)19-4-3-15-29(17-19)23-13-14-24(31)30(28-23)21-9-7-20(26)8-10-21/h5-14,19H,2-4,15-17H2,1H3,(H,27,32). The van der Waals surface area contributed by atoms with Crippen LogP contribution < -0.4 is 20.5 Å². The predicted octanol–water partition coefficient (Wildman–Crippen LogP) is 3.30. The summed E-state index contributed by atoms with van der Waals surface area (Å²) >= 11 is 0. The van der Waals surface area contributed by atoms with Crippen molar-refractivity contribution in [3.63, 3.8) is 0 Å². The number of hydrogen-bond donors (Lipinski definition) is 1. The topological polar surface area (TPSA) is 76.5 Å². The summed E-state index contributed by atoms with van der Waals surface area (Å²) < 4.78 is 20.0. The fourth-order valence-electron chi connectivity index (χ4n) is 3.94. The molecule has 172 valence electrons. The van der Waals surface area contributed by atoms with E-state index in [9.17, 15) is 14.0 Å². The van der Waals surface area contributed by atoms with E-state index in [1.54, 1.807) is 6.07 Å². The molecule has 0 spiro atoms. The van der Waals surface area contributed by atoms with Crippen LogP contribution in [-0.4, -0.2) is 35.4 Å². The molecule has 7 nitrogen and oxygen atoms in total. The molecule has 8 heteroatoms. The number of aromatic nitrogens is 2. The van der Waals surface area contributed by atoms with E-state index in [4.69, 9.17) is 4.74 Å². The third-order valence-corrected chi connectivity index (χ3v) is 5.67. The van der Waals surface area contributed by atoms with Gasteiger partial charge in [-0.3, -0.25) is 9.59 Å². The van der Waals surface area contributed by atoms with Gasteiger partial charge in [-0.25, -0.2) is 4.39 Å². The molecule has 1 atom stereocenters. The molecule has 1 saturated heterocycles. The molecule has 0 aliphatic carbocycles. The van der Waals surface area contributed by atoms with Gasteiger partial charge in [0, 0.05) is 25.7 Å². The number of nitrogens with zero attached hydrogens (tertiary/aromatic N) is 3. The Labute approximate surface area is 191 Å². The molecule has 2 aromatic carbocycles. The monoisotopic (exact) mass is 450 g/mol. The van der Waals surface area contributed by atoms with Gasteiger partial charge in [0.05, 0.1) is 18.2 Å². The van der Waals surface area contributed by atoms with Gasteiger partial charge in [0.25, 0.3) is 5.56 Å². The fraction of sp³-hybridized carbons (Fsp3) is 0.320. The first-order valence-corrected chi connectivity index (χ1v) is 11.1. The maximum Gasteiger partial charge on any atom is 0.271 e. The number of benzene rings is 2. The fourth-order valence-corrected chi connectivity index (χ4v) is 3.94. The molecule has 1 fully saturated rings. The van der Waals surface area contributed by atoms with Gasteiger partial charge in [-0.05, 0) is 67.8 Å². The van der Waals surface area contributed by atoms with E-state index in [-0.39, 0.29) is 23.2 Å². The van der Waals surface area contributed by atoms with Gasteiger partial charge in [0.1, 0.15) is 17.4 Å². The average Bonchev–Trinajstić information content (AvgIpc) is 2.84. The molecule has 3 aromatic rings. The Hall–Kier alpha value is -3.68. The summed E-state index contributed by atoms with van der Waals surface area (Å²) in [6, 6.07) is 16.4. The number of ether oxygens (including phenoxy) is 1. The molecule has 1 amide bonds. The van der Waals surface area contributed by atoms with E-state index >= 15 is 0 Å². The highest BCUT2D eigenvalue weighted by Crippen LogP contribution is 2.22. The van der Waals surface area contributed by atoms with Gasteiger partial charge >= 0.3 is 0 Å². The lowest BCUT2D eigenvalue weighted by Gasteiger charge is -2.33. The molecule has 1 N–H and O–H groups in total. The zero-order valence-corrected chi connectivity index (χ0v) is 18.5.